The molecule has 5 aromatic rings. The summed E-state index contributed by atoms with van der Waals surface area (Å²) in [5.74, 6) is 1.49. The third-order valence-electron chi connectivity index (χ3n) is 6.32. The van der Waals surface area contributed by atoms with Crippen LogP contribution in [0.5, 0.6) is 11.5 Å². The number of hydrogen-bond donors (Lipinski definition) is 0. The van der Waals surface area contributed by atoms with E-state index < -0.39 is 22.1 Å². The molecule has 0 aliphatic carbocycles. The lowest BCUT2D eigenvalue weighted by Crippen LogP contribution is -2.19. The first-order valence-corrected chi connectivity index (χ1v) is 13.3. The molecule has 0 amide bonds. The number of aryl methyl sites for hydroxylation is 1. The van der Waals surface area contributed by atoms with Crippen LogP contribution >= 0.6 is 0 Å². The van der Waals surface area contributed by atoms with E-state index in [0.717, 1.165) is 5.56 Å². The lowest BCUT2D eigenvalue weighted by molar-refractivity contribution is -0.385. The molecule has 0 aliphatic rings. The van der Waals surface area contributed by atoms with E-state index in [1.54, 1.807) is 35.9 Å². The zero-order valence-corrected chi connectivity index (χ0v) is 23.5. The lowest BCUT2D eigenvalue weighted by atomic mass is 10.0. The first-order chi connectivity index (χ1) is 21.7. The van der Waals surface area contributed by atoms with Gasteiger partial charge in [-0.1, -0.05) is 5.21 Å². The smallest absolute Gasteiger partial charge is 0.492 e. The number of rotatable bonds is 12. The van der Waals surface area contributed by atoms with Gasteiger partial charge in [0.15, 0.2) is 5.82 Å². The second-order valence-electron chi connectivity index (χ2n) is 9.35. The fourth-order valence-corrected chi connectivity index (χ4v) is 4.07. The molecule has 0 saturated carbocycles. The highest BCUT2D eigenvalue weighted by molar-refractivity contribution is 5.64. The van der Waals surface area contributed by atoms with Gasteiger partial charge in [0.2, 0.25) is 5.82 Å². The van der Waals surface area contributed by atoms with Crippen LogP contribution in [0.1, 0.15) is 23.2 Å². The summed E-state index contributed by atoms with van der Waals surface area (Å²) in [6.07, 6.45) is -0.439. The Morgan fingerprint density at radius 3 is 2.07 bits per heavy atom. The molecule has 17 nitrogen and oxygen atoms in total. The van der Waals surface area contributed by atoms with E-state index in [0.29, 0.717) is 35.2 Å². The number of aromatic nitrogens is 7. The standard InChI is InChI=1S/C28H23N9O8/c1-18-30-32-27(33-31-18)20-4-10-24(11-5-20)43-15-14-35-23(17-29-34-35)16-26(19-2-6-21(7-3-19)36(39)40)45-28(38)44-25-12-8-22(9-13-25)37(41)42/h2-13,17,26H,14-16H2,1H3. The minimum absolute atomic E-state index is 0.0321. The average Bonchev–Trinajstić information content (AvgIpc) is 3.48. The summed E-state index contributed by atoms with van der Waals surface area (Å²) in [7, 11) is 0. The van der Waals surface area contributed by atoms with Crippen molar-refractivity contribution in [1.82, 2.24) is 35.4 Å². The third kappa shape index (κ3) is 7.92. The van der Waals surface area contributed by atoms with Gasteiger partial charge in [-0.3, -0.25) is 20.2 Å². The van der Waals surface area contributed by atoms with Crippen LogP contribution in [-0.4, -0.2) is 58.0 Å². The molecular formula is C28H23N9O8. The number of nitrogens with zero attached hydrogens (tertiary/aromatic N) is 9. The highest BCUT2D eigenvalue weighted by Crippen LogP contribution is 2.26. The first-order valence-electron chi connectivity index (χ1n) is 13.3. The van der Waals surface area contributed by atoms with Crippen molar-refractivity contribution >= 4 is 17.5 Å². The summed E-state index contributed by atoms with van der Waals surface area (Å²) < 4.78 is 18.2. The van der Waals surface area contributed by atoms with E-state index in [1.165, 1.54) is 54.7 Å². The van der Waals surface area contributed by atoms with Crippen molar-refractivity contribution in [2.24, 2.45) is 0 Å². The molecular weight excluding hydrogens is 590 g/mol. The number of nitro groups is 2. The Balaban J connectivity index is 1.24. The number of non-ortho nitro benzene ring substituents is 2. The summed E-state index contributed by atoms with van der Waals surface area (Å²) >= 11 is 0. The summed E-state index contributed by atoms with van der Waals surface area (Å²) in [6, 6.07) is 17.5. The Labute approximate surface area is 253 Å². The number of hydrogen-bond acceptors (Lipinski definition) is 14. The van der Waals surface area contributed by atoms with E-state index in [2.05, 4.69) is 30.7 Å². The van der Waals surface area contributed by atoms with Gasteiger partial charge in [0, 0.05) is 36.2 Å². The fraction of sp³-hybridized carbons (Fsp3) is 0.179. The quantitative estimate of drug-likeness (QED) is 0.0833. The van der Waals surface area contributed by atoms with Crippen LogP contribution in [0, 0.1) is 27.2 Å². The molecule has 45 heavy (non-hydrogen) atoms. The molecule has 5 rings (SSSR count). The monoisotopic (exact) mass is 613 g/mol. The van der Waals surface area contributed by atoms with Gasteiger partial charge < -0.3 is 14.2 Å². The average molecular weight is 614 g/mol. The van der Waals surface area contributed by atoms with Crippen molar-refractivity contribution in [2.75, 3.05) is 6.61 Å². The van der Waals surface area contributed by atoms with Crippen molar-refractivity contribution in [3.05, 3.63) is 116 Å². The van der Waals surface area contributed by atoms with Crippen LogP contribution < -0.4 is 9.47 Å². The van der Waals surface area contributed by atoms with Crippen molar-refractivity contribution in [1.29, 1.82) is 0 Å². The number of ether oxygens (including phenoxy) is 3. The zero-order chi connectivity index (χ0) is 31.8. The van der Waals surface area contributed by atoms with E-state index in [9.17, 15) is 25.0 Å². The van der Waals surface area contributed by atoms with Crippen LogP contribution in [0.2, 0.25) is 0 Å². The third-order valence-corrected chi connectivity index (χ3v) is 6.32. The maximum absolute atomic E-state index is 12.7. The zero-order valence-electron chi connectivity index (χ0n) is 23.5. The summed E-state index contributed by atoms with van der Waals surface area (Å²) in [5, 5.41) is 45.9. The maximum Gasteiger partial charge on any atom is 0.514 e. The molecule has 2 heterocycles. The minimum atomic E-state index is -1.08. The molecule has 0 spiro atoms. The second kappa shape index (κ2) is 13.7. The molecule has 3 aromatic carbocycles. The van der Waals surface area contributed by atoms with Crippen LogP contribution in [-0.2, 0) is 17.7 Å². The van der Waals surface area contributed by atoms with Gasteiger partial charge in [0.25, 0.3) is 11.4 Å². The first kappa shape index (κ1) is 30.1. The van der Waals surface area contributed by atoms with Gasteiger partial charge in [-0.15, -0.1) is 25.5 Å². The van der Waals surface area contributed by atoms with Crippen molar-refractivity contribution < 1.29 is 28.9 Å². The topological polar surface area (TPSA) is 213 Å². The van der Waals surface area contributed by atoms with Crippen molar-refractivity contribution in [3.63, 3.8) is 0 Å². The van der Waals surface area contributed by atoms with Gasteiger partial charge in [0.1, 0.15) is 24.2 Å². The van der Waals surface area contributed by atoms with E-state index in [4.69, 9.17) is 14.2 Å². The van der Waals surface area contributed by atoms with E-state index >= 15 is 0 Å². The number of carbonyl (C=O) groups is 1. The van der Waals surface area contributed by atoms with Crippen molar-refractivity contribution in [2.45, 2.75) is 26.0 Å². The van der Waals surface area contributed by atoms with E-state index in [-0.39, 0.29) is 30.2 Å². The number of nitro benzene ring substituents is 2. The highest BCUT2D eigenvalue weighted by Gasteiger charge is 2.23. The molecule has 17 heteroatoms. The fourth-order valence-electron chi connectivity index (χ4n) is 4.07. The van der Waals surface area contributed by atoms with Crippen LogP contribution in [0.15, 0.2) is 79.0 Å². The Kier molecular flexibility index (Phi) is 9.17. The summed E-state index contributed by atoms with van der Waals surface area (Å²) in [6.45, 7) is 2.22. The second-order valence-corrected chi connectivity index (χ2v) is 9.35. The molecule has 0 radical (unpaired) electrons. The Bertz CT molecular complexity index is 1780. The molecule has 0 aliphatic heterocycles. The predicted octanol–water partition coefficient (Wildman–Crippen LogP) is 4.23. The van der Waals surface area contributed by atoms with Gasteiger partial charge in [-0.25, -0.2) is 9.48 Å². The summed E-state index contributed by atoms with van der Waals surface area (Å²) in [4.78, 5) is 33.6. The van der Waals surface area contributed by atoms with Crippen LogP contribution in [0.3, 0.4) is 0 Å². The molecule has 228 valence electrons. The highest BCUT2D eigenvalue weighted by atomic mass is 16.7. The Hall–Kier alpha value is -6.39. The molecule has 0 fully saturated rings. The lowest BCUT2D eigenvalue weighted by Gasteiger charge is -2.18. The molecule has 1 atom stereocenters. The molecule has 0 N–H and O–H groups in total. The van der Waals surface area contributed by atoms with E-state index in [1.807, 2.05) is 0 Å². The largest absolute Gasteiger partial charge is 0.514 e. The normalized spacial score (nSPS) is 11.4. The molecule has 0 saturated heterocycles. The molecule has 1 unspecified atom stereocenters. The van der Waals surface area contributed by atoms with Crippen LogP contribution in [0.25, 0.3) is 11.4 Å². The number of benzene rings is 3. The molecule has 0 bridgehead atoms. The Morgan fingerprint density at radius 2 is 1.44 bits per heavy atom. The van der Waals surface area contributed by atoms with Gasteiger partial charge in [-0.2, -0.15) is 0 Å². The predicted molar refractivity (Wildman–Crippen MR) is 153 cm³/mol. The van der Waals surface area contributed by atoms with Gasteiger partial charge in [0.05, 0.1) is 28.3 Å². The molecule has 2 aromatic heterocycles. The van der Waals surface area contributed by atoms with Gasteiger partial charge in [-0.05, 0) is 61.0 Å². The van der Waals surface area contributed by atoms with Crippen LogP contribution in [0.4, 0.5) is 16.2 Å². The number of carbonyl (C=O) groups excluding carboxylic acids is 1. The Morgan fingerprint density at radius 1 is 0.844 bits per heavy atom. The van der Waals surface area contributed by atoms with Gasteiger partial charge >= 0.3 is 6.16 Å². The van der Waals surface area contributed by atoms with Crippen molar-refractivity contribution in [3.8, 4) is 22.9 Å². The minimum Gasteiger partial charge on any atom is -0.492 e. The SMILES string of the molecule is Cc1nnc(-c2ccc(OCCn3nncc3CC(OC(=O)Oc3ccc([N+](=O)[O-])cc3)c3ccc([N+](=O)[O-])cc3)cc2)nn1. The summed E-state index contributed by atoms with van der Waals surface area (Å²) in [5.41, 5.74) is 1.45. The maximum atomic E-state index is 12.7.